The van der Waals surface area contributed by atoms with Gasteiger partial charge in [0.05, 0.1) is 25.2 Å². The monoisotopic (exact) mass is 803 g/mol. The smallest absolute Gasteiger partial charge is 0.262 e. The molecule has 3 aliphatic heterocycles. The summed E-state index contributed by atoms with van der Waals surface area (Å²) in [6.45, 7) is 6.69. The summed E-state index contributed by atoms with van der Waals surface area (Å²) < 4.78 is 12.0. The number of methoxy groups -OCH3 is 2. The van der Waals surface area contributed by atoms with Crippen LogP contribution in [-0.2, 0) is 26.2 Å². The molecule has 0 aliphatic carbocycles. The van der Waals surface area contributed by atoms with E-state index in [1.807, 2.05) is 55.4 Å². The van der Waals surface area contributed by atoms with Gasteiger partial charge in [0, 0.05) is 93.4 Å². The van der Waals surface area contributed by atoms with Crippen LogP contribution < -0.4 is 30.1 Å². The number of amides is 3. The summed E-state index contributed by atoms with van der Waals surface area (Å²) in [5.41, 5.74) is 4.48. The number of nitrogens with zero attached hydrogens (tertiary/aromatic N) is 6. The first-order chi connectivity index (χ1) is 26.1. The van der Waals surface area contributed by atoms with E-state index in [4.69, 9.17) is 9.47 Å². The molecule has 13 nitrogen and oxygen atoms in total. The fourth-order valence-corrected chi connectivity index (χ4v) is 8.46. The van der Waals surface area contributed by atoms with Gasteiger partial charge in [-0.25, -0.2) is 4.98 Å². The van der Waals surface area contributed by atoms with Crippen LogP contribution in [0.3, 0.4) is 0 Å². The van der Waals surface area contributed by atoms with Gasteiger partial charge >= 0.3 is 0 Å². The molecule has 5 heterocycles. The van der Waals surface area contributed by atoms with Gasteiger partial charge in [0.2, 0.25) is 11.8 Å². The number of carbonyl (C=O) groups excluding carboxylic acids is 3. The van der Waals surface area contributed by atoms with E-state index in [1.54, 1.807) is 31.5 Å². The Bertz CT molecular complexity index is 2240. The number of rotatable bonds is 9. The molecule has 3 atom stereocenters. The fraction of sp³-hybridized carbons (Fsp3) is 0.410. The summed E-state index contributed by atoms with van der Waals surface area (Å²) in [6.07, 6.45) is 3.82. The van der Waals surface area contributed by atoms with Crippen molar-refractivity contribution in [2.24, 2.45) is 0 Å². The molecule has 0 saturated carbocycles. The molecule has 0 bridgehead atoms. The van der Waals surface area contributed by atoms with Crippen LogP contribution in [0.5, 0.6) is 11.5 Å². The maximum absolute atomic E-state index is 13.6. The summed E-state index contributed by atoms with van der Waals surface area (Å²) in [7, 11) is 7.06. The van der Waals surface area contributed by atoms with Gasteiger partial charge in [-0.2, -0.15) is 0 Å². The summed E-state index contributed by atoms with van der Waals surface area (Å²) in [5, 5.41) is 3.46. The lowest BCUT2D eigenvalue weighted by atomic mass is 9.97. The maximum atomic E-state index is 13.6. The number of pyridine rings is 2. The topological polar surface area (TPSA) is 130 Å². The fourth-order valence-electron chi connectivity index (χ4n) is 8.02. The Morgan fingerprint density at radius 3 is 2.20 bits per heavy atom. The van der Waals surface area contributed by atoms with Crippen LogP contribution in [0.1, 0.15) is 48.2 Å². The van der Waals surface area contributed by atoms with Gasteiger partial charge in [-0.05, 0) is 61.7 Å². The lowest BCUT2D eigenvalue weighted by molar-refractivity contribution is -0.136. The molecule has 3 amide bonds. The molecule has 4 aromatic rings. The second kappa shape index (κ2) is 14.9. The number of ether oxygens (including phenoxy) is 2. The van der Waals surface area contributed by atoms with Crippen LogP contribution in [0.25, 0.3) is 21.9 Å². The minimum absolute atomic E-state index is 0.112. The maximum Gasteiger partial charge on any atom is 0.262 e. The predicted molar refractivity (Wildman–Crippen MR) is 223 cm³/mol. The van der Waals surface area contributed by atoms with Gasteiger partial charge in [-0.15, -0.1) is 37.9 Å². The summed E-state index contributed by atoms with van der Waals surface area (Å²) in [4.78, 5) is 64.0. The lowest BCUT2D eigenvalue weighted by Gasteiger charge is -2.45. The Hall–Kier alpha value is -4.38. The third-order valence-corrected chi connectivity index (χ3v) is 11.6. The molecule has 0 spiro atoms. The van der Waals surface area contributed by atoms with Gasteiger partial charge in [0.1, 0.15) is 23.4 Å². The Morgan fingerprint density at radius 2 is 1.60 bits per heavy atom. The van der Waals surface area contributed by atoms with Crippen molar-refractivity contribution in [1.29, 1.82) is 0 Å². The number of benzene rings is 2. The number of thiol groups is 3. The van der Waals surface area contributed by atoms with Crippen LogP contribution in [0, 0.1) is 0 Å². The number of carbonyl (C=O) groups is 3. The highest BCUT2D eigenvalue weighted by Gasteiger charge is 2.40. The second-order valence-electron chi connectivity index (χ2n) is 14.7. The molecule has 7 rings (SSSR count). The minimum atomic E-state index is -1.38. The third kappa shape index (κ3) is 7.25. The van der Waals surface area contributed by atoms with Crippen LogP contribution in [0.2, 0.25) is 0 Å². The number of piperidine rings is 1. The number of hydrogen-bond donors (Lipinski definition) is 4. The van der Waals surface area contributed by atoms with E-state index in [1.165, 1.54) is 4.57 Å². The highest BCUT2D eigenvalue weighted by atomic mass is 32.2. The standard InChI is InChI=1S/C39H45N7O6S3/c1-21-16-43(25-8-7-23-18-45(37(49)26(23)13-25)31-9-10-35(47)41-36(31)48)17-22(2)44(21)19-30-32(51-5)11-24(12-33(30)52-6)29-20-46(39(53,54)55)38(50)28-15-40-34(42(3)4)14-27(28)29/h7-8,11-15,20-22,31,53-55H,9-10,16-19H2,1-6H3,(H,41,47,48)/t21-,22-,31?/m1/s1. The van der Waals surface area contributed by atoms with E-state index in [-0.39, 0.29) is 35.9 Å². The van der Waals surface area contributed by atoms with E-state index in [2.05, 4.69) is 71.8 Å². The highest BCUT2D eigenvalue weighted by Crippen LogP contribution is 2.41. The van der Waals surface area contributed by atoms with Crippen molar-refractivity contribution in [3.8, 4) is 22.6 Å². The Morgan fingerprint density at radius 1 is 0.927 bits per heavy atom. The molecule has 0 radical (unpaired) electrons. The van der Waals surface area contributed by atoms with Crippen LogP contribution >= 0.6 is 37.9 Å². The van der Waals surface area contributed by atoms with Gasteiger partial charge in [-0.3, -0.25) is 34.0 Å². The first-order valence-corrected chi connectivity index (χ1v) is 19.4. The zero-order valence-corrected chi connectivity index (χ0v) is 34.3. The number of aromatic nitrogens is 2. The summed E-state index contributed by atoms with van der Waals surface area (Å²) in [5.74, 6) is 1.06. The molecule has 3 aliphatic rings. The normalized spacial score (nSPS) is 20.5. The van der Waals surface area contributed by atoms with Crippen molar-refractivity contribution in [1.82, 2.24) is 24.7 Å². The van der Waals surface area contributed by atoms with E-state index < -0.39 is 15.5 Å². The quantitative estimate of drug-likeness (QED) is 0.110. The molecule has 1 unspecified atom stereocenters. The van der Waals surface area contributed by atoms with Gasteiger partial charge < -0.3 is 24.2 Å². The van der Waals surface area contributed by atoms with E-state index >= 15 is 0 Å². The molecule has 290 valence electrons. The molecule has 55 heavy (non-hydrogen) atoms. The number of fused-ring (bicyclic) bond motifs is 2. The summed E-state index contributed by atoms with van der Waals surface area (Å²) >= 11 is 13.4. The van der Waals surface area contributed by atoms with Crippen LogP contribution in [0.15, 0.2) is 53.6 Å². The number of nitrogens with one attached hydrogen (secondary N) is 1. The number of hydrogen-bond acceptors (Lipinski definition) is 13. The van der Waals surface area contributed by atoms with Crippen LogP contribution in [0.4, 0.5) is 11.5 Å². The van der Waals surface area contributed by atoms with Crippen molar-refractivity contribution in [3.63, 3.8) is 0 Å². The van der Waals surface area contributed by atoms with Crippen molar-refractivity contribution in [3.05, 3.63) is 75.8 Å². The molecule has 16 heteroatoms. The molecular formula is C39H45N7O6S3. The molecule has 2 aromatic carbocycles. The average molecular weight is 804 g/mol. The lowest BCUT2D eigenvalue weighted by Crippen LogP contribution is -2.56. The molecule has 1 N–H and O–H groups in total. The Labute approximate surface area is 336 Å². The first kappa shape index (κ1) is 38.9. The van der Waals surface area contributed by atoms with E-state index in [0.29, 0.717) is 66.3 Å². The number of imide groups is 1. The largest absolute Gasteiger partial charge is 0.496 e. The van der Waals surface area contributed by atoms with Crippen molar-refractivity contribution < 1.29 is 23.9 Å². The average Bonchev–Trinajstić information content (AvgIpc) is 3.47. The van der Waals surface area contributed by atoms with Crippen molar-refractivity contribution >= 4 is 77.9 Å². The molecule has 2 fully saturated rings. The highest BCUT2D eigenvalue weighted by molar-refractivity contribution is 8.15. The number of anilines is 2. The van der Waals surface area contributed by atoms with Crippen LogP contribution in [-0.4, -0.2) is 96.6 Å². The Kier molecular flexibility index (Phi) is 10.6. The number of piperazine rings is 1. The third-order valence-electron chi connectivity index (χ3n) is 10.9. The summed E-state index contributed by atoms with van der Waals surface area (Å²) in [6, 6.07) is 11.3. The molecule has 2 aromatic heterocycles. The van der Waals surface area contributed by atoms with Gasteiger partial charge in [0.15, 0.2) is 3.54 Å². The molecule has 2 saturated heterocycles. The van der Waals surface area contributed by atoms with E-state index in [9.17, 15) is 19.2 Å². The minimum Gasteiger partial charge on any atom is -0.496 e. The Balaban J connectivity index is 1.16. The SMILES string of the molecule is COc1cc(-c2cn(C(S)(S)S)c(=O)c3cnc(N(C)C)cc23)cc(OC)c1CN1[C@H](C)CN(c2ccc3c(c2)C(=O)N(C2CCC(=O)NC2=O)C3)C[C@H]1C. The first-order valence-electron chi connectivity index (χ1n) is 18.0. The van der Waals surface area contributed by atoms with Gasteiger partial charge in [-0.1, -0.05) is 6.07 Å². The zero-order chi connectivity index (χ0) is 39.5. The second-order valence-corrected chi connectivity index (χ2v) is 17.7. The zero-order valence-electron chi connectivity index (χ0n) is 31.6. The van der Waals surface area contributed by atoms with Crippen molar-refractivity contribution in [2.45, 2.75) is 61.4 Å². The van der Waals surface area contributed by atoms with Crippen molar-refractivity contribution in [2.75, 3.05) is 51.2 Å². The van der Waals surface area contributed by atoms with Gasteiger partial charge in [0.25, 0.3) is 11.5 Å². The van der Waals surface area contributed by atoms with E-state index in [0.717, 1.165) is 27.9 Å². The predicted octanol–water partition coefficient (Wildman–Crippen LogP) is 4.36. The molecular weight excluding hydrogens is 759 g/mol.